The van der Waals surface area contributed by atoms with Crippen molar-refractivity contribution < 1.29 is 110 Å². The summed E-state index contributed by atoms with van der Waals surface area (Å²) >= 11 is 0. The van der Waals surface area contributed by atoms with Crippen molar-refractivity contribution in [3.63, 3.8) is 0 Å². The van der Waals surface area contributed by atoms with Crippen LogP contribution in [0.2, 0.25) is 0 Å². The number of hydrogen-bond donors (Lipinski definition) is 13. The van der Waals surface area contributed by atoms with Gasteiger partial charge >= 0.3 is 53.7 Å². The monoisotopic (exact) mass is 1840 g/mol. The molecule has 0 saturated heterocycles. The topological polar surface area (TPSA) is 417 Å². The van der Waals surface area contributed by atoms with Gasteiger partial charge in [-0.3, -0.25) is 38.4 Å². The average Bonchev–Trinajstić information content (AvgIpc) is 0.743. The zero-order chi connectivity index (χ0) is 98.4. The molecule has 0 amide bonds. The number of phenolic OH excluding ortho intramolecular Hbond substituents is 4. The Morgan fingerprint density at radius 3 is 0.846 bits per heavy atom. The van der Waals surface area contributed by atoms with E-state index in [4.69, 9.17) is 35.7 Å². The van der Waals surface area contributed by atoms with Crippen LogP contribution in [0, 0.1) is 46.3 Å². The highest BCUT2D eigenvalue weighted by Crippen LogP contribution is 2.62. The van der Waals surface area contributed by atoms with Crippen molar-refractivity contribution in [1.29, 1.82) is 0 Å². The lowest BCUT2D eigenvalue weighted by molar-refractivity contribution is -0.164. The highest BCUT2D eigenvalue weighted by atomic mass is 16.4. The number of aliphatic carboxylic acids is 8. The molecule has 8 aliphatic rings. The maximum atomic E-state index is 11.6. The van der Waals surface area contributed by atoms with Gasteiger partial charge in [0.05, 0.1) is 30.2 Å². The van der Waals surface area contributed by atoms with Crippen molar-refractivity contribution in [3.8, 4) is 23.0 Å². The van der Waals surface area contributed by atoms with Gasteiger partial charge in [-0.2, -0.15) is 0 Å². The number of hydrogen-bond acceptors (Lipinski definition) is 13. The molecule has 8 bridgehead atoms. The van der Waals surface area contributed by atoms with Gasteiger partial charge in [0.15, 0.2) is 0 Å². The van der Waals surface area contributed by atoms with Crippen LogP contribution < -0.4 is 0 Å². The number of carboxylic acid groups (broad SMARTS) is 9. The summed E-state index contributed by atoms with van der Waals surface area (Å²) in [6, 6.07) is 95.7. The number of benzene rings is 12. The number of fused-ring (bicyclic) bond motifs is 1. The SMILES string of the molecule is CC(C(=O)O)(c1ccccc1)c1ccc(O)cc1.CC(C(=O)O)(c1ccccc1)c1ccccc1.CC(CCC(=O)O)(c1ccc(O)cc1)c1ccc(O)cc1.CC(CCC(=O)O)(c1ccccc1)c1ccccc1.O=C(O)C12CC3CC(CC(C3)C1)C2.O=C(O)CC12CC3CC(CC(C3)C1)C2.O=C(O)Cc1ccc(O)cc1.O=C(O)Cc1ccccc1.O=C(O)c1cccc2ccccc12. The molecule has 8 saturated carbocycles. The van der Waals surface area contributed by atoms with Gasteiger partial charge in [-0.05, 0) is 266 Å². The smallest absolute Gasteiger partial charge is 0.336 e. The minimum Gasteiger partial charge on any atom is -0.508 e. The Balaban J connectivity index is 0.000000159. The van der Waals surface area contributed by atoms with Gasteiger partial charge in [-0.1, -0.05) is 281 Å². The number of aromatic carboxylic acids is 1. The molecule has 0 radical (unpaired) electrons. The zero-order valence-electron chi connectivity index (χ0n) is 77.0. The quantitative estimate of drug-likeness (QED) is 0.0267. The summed E-state index contributed by atoms with van der Waals surface area (Å²) in [7, 11) is 0. The second-order valence-corrected chi connectivity index (χ2v) is 37.4. The minimum absolute atomic E-state index is 0.000278. The van der Waals surface area contributed by atoms with E-state index in [0.29, 0.717) is 41.5 Å². The number of phenols is 4. The van der Waals surface area contributed by atoms with Crippen molar-refractivity contribution in [3.05, 3.63) is 383 Å². The first-order chi connectivity index (χ1) is 64.8. The molecule has 0 heterocycles. The van der Waals surface area contributed by atoms with Gasteiger partial charge < -0.3 is 66.4 Å². The fourth-order valence-corrected chi connectivity index (χ4v) is 21.0. The lowest BCUT2D eigenvalue weighted by Gasteiger charge is -2.56. The minimum atomic E-state index is -1.12. The van der Waals surface area contributed by atoms with Gasteiger partial charge in [0.25, 0.3) is 0 Å². The van der Waals surface area contributed by atoms with E-state index in [1.165, 1.54) is 82.1 Å². The second-order valence-electron chi connectivity index (χ2n) is 37.4. The first kappa shape index (κ1) is 103. The van der Waals surface area contributed by atoms with Crippen molar-refractivity contribution in [2.45, 2.75) is 171 Å². The first-order valence-corrected chi connectivity index (χ1v) is 45.8. The standard InChI is InChI=1S/C17H18O4.C17H18O2.C15H14O3.C15H14O2.C12H18O2.C11H16O2.C11H8O2.C8H8O3.C8H8O2/c1-17(11-10-16(20)21,12-2-6-14(18)7-3-12)13-4-8-15(19)9-5-13;1-17(13-12-16(18)19,14-8-4-2-5-9-14)15-10-6-3-7-11-15;1-15(14(17)18,11-5-3-2-4-6-11)12-7-9-13(16)10-8-12;1-15(14(16)17,12-8-4-2-5-9-12)13-10-6-3-7-11-13;13-11(14)7-12-4-8-1-9(5-12)3-10(2-8)6-12;12-10(13)11-4-7-1-8(5-11)3-9(2-7)6-11;12-11(13)10-7-3-5-8-4-1-2-6-9(8)10;9-7-3-1-6(2-4-7)5-8(10)11;9-8(10)6-7-4-2-1-3-5-7/h2-9,18-19H,10-11H2,1H3,(H,20,21);2-11H,12-13H2,1H3,(H,18,19);2-10,16H,1H3,(H,17,18);2-11H,1H3,(H,16,17);8-10H,1-7H2,(H,13,14);7-9H,1-6H2,(H,12,13);1-7H,(H,12,13);1-4,9H,5H2,(H,10,11);1-5H,6H2,(H,9,10). The largest absolute Gasteiger partial charge is 0.508 e. The highest BCUT2D eigenvalue weighted by molar-refractivity contribution is 6.03. The van der Waals surface area contributed by atoms with Gasteiger partial charge in [0, 0.05) is 23.7 Å². The second kappa shape index (κ2) is 47.8. The van der Waals surface area contributed by atoms with Crippen LogP contribution in [0.15, 0.2) is 322 Å². The summed E-state index contributed by atoms with van der Waals surface area (Å²) in [5, 5.41) is 120. The van der Waals surface area contributed by atoms with Crippen LogP contribution >= 0.6 is 0 Å². The summed E-state index contributed by atoms with van der Waals surface area (Å²) in [5.41, 5.74) is 6.04. The van der Waals surface area contributed by atoms with Crippen LogP contribution in [0.3, 0.4) is 0 Å². The predicted octanol–water partition coefficient (Wildman–Crippen LogP) is 22.8. The lowest BCUT2D eigenvalue weighted by Crippen LogP contribution is -2.49. The lowest BCUT2D eigenvalue weighted by atomic mass is 9.49. The first-order valence-electron chi connectivity index (χ1n) is 45.8. The maximum absolute atomic E-state index is 11.6. The number of carbonyl (C=O) groups is 9. The van der Waals surface area contributed by atoms with Gasteiger partial charge in [0.1, 0.15) is 33.8 Å². The van der Waals surface area contributed by atoms with Crippen molar-refractivity contribution >= 4 is 64.5 Å². The third-order valence-electron chi connectivity index (χ3n) is 27.6. The van der Waals surface area contributed by atoms with Gasteiger partial charge in [0.2, 0.25) is 0 Å². The van der Waals surface area contributed by atoms with E-state index >= 15 is 0 Å². The number of carboxylic acids is 9. The molecular weight excluding hydrogens is 1720 g/mol. The van der Waals surface area contributed by atoms with E-state index in [-0.39, 0.29) is 64.9 Å². The van der Waals surface area contributed by atoms with Crippen molar-refractivity contribution in [2.75, 3.05) is 0 Å². The summed E-state index contributed by atoms with van der Waals surface area (Å²) in [6.07, 6.45) is 16.5. The summed E-state index contributed by atoms with van der Waals surface area (Å²) in [6.45, 7) is 7.48. The molecule has 1 atom stereocenters. The Labute approximate surface area is 793 Å². The van der Waals surface area contributed by atoms with Crippen LogP contribution in [-0.4, -0.2) is 120 Å². The summed E-state index contributed by atoms with van der Waals surface area (Å²) in [5.74, 6) is -1.47. The van der Waals surface area contributed by atoms with E-state index in [1.54, 1.807) is 123 Å². The third kappa shape index (κ3) is 28.2. The molecule has 13 N–H and O–H groups in total. The Hall–Kier alpha value is -14.7. The maximum Gasteiger partial charge on any atom is 0.336 e. The molecule has 0 spiro atoms. The molecule has 710 valence electrons. The molecule has 22 nitrogen and oxygen atoms in total. The molecule has 8 aliphatic carbocycles. The van der Waals surface area contributed by atoms with E-state index in [2.05, 4.69) is 31.2 Å². The number of aromatic hydroxyl groups is 4. The molecule has 136 heavy (non-hydrogen) atoms. The average molecular weight is 1840 g/mol. The van der Waals surface area contributed by atoms with Crippen LogP contribution in [-0.2, 0) is 72.9 Å². The molecule has 1 unspecified atom stereocenters. The Morgan fingerprint density at radius 1 is 0.279 bits per heavy atom. The fourth-order valence-electron chi connectivity index (χ4n) is 21.0. The van der Waals surface area contributed by atoms with Gasteiger partial charge in [-0.15, -0.1) is 0 Å². The molecule has 0 aliphatic heterocycles. The van der Waals surface area contributed by atoms with E-state index in [9.17, 15) is 73.8 Å². The number of rotatable bonds is 24. The fraction of sp³-hybridized carbons (Fsp3) is 0.307. The van der Waals surface area contributed by atoms with Crippen LogP contribution in [0.1, 0.15) is 203 Å². The van der Waals surface area contributed by atoms with Crippen LogP contribution in [0.4, 0.5) is 0 Å². The normalized spacial score (nSPS) is 19.1. The molecular formula is C114H122O22. The van der Waals surface area contributed by atoms with Gasteiger partial charge in [-0.25, -0.2) is 4.79 Å². The van der Waals surface area contributed by atoms with Crippen molar-refractivity contribution in [1.82, 2.24) is 0 Å². The zero-order valence-corrected chi connectivity index (χ0v) is 77.0. The summed E-state index contributed by atoms with van der Waals surface area (Å²) < 4.78 is 0. The Kier molecular flexibility index (Phi) is 36.4. The van der Waals surface area contributed by atoms with E-state index < -0.39 is 70.0 Å². The molecule has 8 fully saturated rings. The van der Waals surface area contributed by atoms with E-state index in [1.807, 2.05) is 171 Å². The molecule has 20 rings (SSSR count). The summed E-state index contributed by atoms with van der Waals surface area (Å²) in [4.78, 5) is 98.4. The van der Waals surface area contributed by atoms with Crippen LogP contribution in [0.5, 0.6) is 23.0 Å². The highest BCUT2D eigenvalue weighted by Gasteiger charge is 2.55. The molecule has 22 heteroatoms. The Bertz CT molecular complexity index is 5710. The van der Waals surface area contributed by atoms with E-state index in [0.717, 1.165) is 104 Å². The van der Waals surface area contributed by atoms with Crippen LogP contribution in [0.25, 0.3) is 10.8 Å². The molecule has 0 aromatic heterocycles. The molecule has 12 aromatic carbocycles. The van der Waals surface area contributed by atoms with Crippen molar-refractivity contribution in [2.24, 2.45) is 46.3 Å². The Morgan fingerprint density at radius 2 is 0.544 bits per heavy atom. The predicted molar refractivity (Wildman–Crippen MR) is 521 cm³/mol. The molecule has 12 aromatic rings. The third-order valence-corrected chi connectivity index (χ3v) is 27.6.